The Morgan fingerprint density at radius 2 is 2.12 bits per heavy atom. The number of nitrogens with one attached hydrogen (secondary N) is 2. The molecule has 8 heteroatoms. The molecule has 25 heavy (non-hydrogen) atoms. The van der Waals surface area contributed by atoms with Crippen LogP contribution in [0.3, 0.4) is 0 Å². The molecule has 0 spiro atoms. The fraction of sp³-hybridized carbons (Fsp3) is 0.176. The van der Waals surface area contributed by atoms with Gasteiger partial charge in [0.2, 0.25) is 0 Å². The number of pyridine rings is 1. The minimum atomic E-state index is -0.177. The van der Waals surface area contributed by atoms with Gasteiger partial charge < -0.3 is 5.32 Å². The van der Waals surface area contributed by atoms with Crippen LogP contribution in [0.5, 0.6) is 0 Å². The molecule has 0 aliphatic rings. The van der Waals surface area contributed by atoms with Gasteiger partial charge in [0.1, 0.15) is 0 Å². The Labute approximate surface area is 142 Å². The summed E-state index contributed by atoms with van der Waals surface area (Å²) in [6, 6.07) is 10.9. The predicted octanol–water partition coefficient (Wildman–Crippen LogP) is 1.19. The van der Waals surface area contributed by atoms with Crippen molar-refractivity contribution in [2.24, 2.45) is 0 Å². The lowest BCUT2D eigenvalue weighted by molar-refractivity contribution is 0.0954. The summed E-state index contributed by atoms with van der Waals surface area (Å²) in [5.74, 6) is -0.169. The summed E-state index contributed by atoms with van der Waals surface area (Å²) in [7, 11) is 0. The number of rotatable bonds is 5. The molecule has 0 aliphatic carbocycles. The molecule has 0 saturated heterocycles. The van der Waals surface area contributed by atoms with Crippen LogP contribution in [0.15, 0.2) is 53.6 Å². The van der Waals surface area contributed by atoms with Crippen molar-refractivity contribution in [3.8, 4) is 0 Å². The van der Waals surface area contributed by atoms with Crippen LogP contribution in [-0.2, 0) is 6.54 Å². The topological polar surface area (TPSA) is 97.1 Å². The molecule has 4 aromatic rings. The van der Waals surface area contributed by atoms with Crippen LogP contribution in [0.2, 0.25) is 0 Å². The van der Waals surface area contributed by atoms with Gasteiger partial charge in [0.25, 0.3) is 5.91 Å². The largest absolute Gasteiger partial charge is 0.352 e. The summed E-state index contributed by atoms with van der Waals surface area (Å²) in [4.78, 5) is 24.5. The van der Waals surface area contributed by atoms with E-state index in [9.17, 15) is 9.59 Å². The quantitative estimate of drug-likeness (QED) is 0.535. The van der Waals surface area contributed by atoms with E-state index in [4.69, 9.17) is 0 Å². The Bertz CT molecular complexity index is 1110. The van der Waals surface area contributed by atoms with Crippen molar-refractivity contribution in [3.63, 3.8) is 0 Å². The van der Waals surface area contributed by atoms with Gasteiger partial charge in [0, 0.05) is 24.7 Å². The fourth-order valence-electron chi connectivity index (χ4n) is 2.80. The Hall–Kier alpha value is -3.42. The molecule has 0 saturated carbocycles. The predicted molar refractivity (Wildman–Crippen MR) is 92.5 cm³/mol. The third kappa shape index (κ3) is 2.78. The highest BCUT2D eigenvalue weighted by Gasteiger charge is 2.11. The number of carbonyl (C=O) groups is 1. The zero-order valence-corrected chi connectivity index (χ0v) is 13.3. The lowest BCUT2D eigenvalue weighted by Crippen LogP contribution is -2.27. The second-order valence-corrected chi connectivity index (χ2v) is 5.68. The summed E-state index contributed by atoms with van der Waals surface area (Å²) < 4.78 is 2.91. The van der Waals surface area contributed by atoms with E-state index in [-0.39, 0.29) is 11.6 Å². The molecule has 1 amide bonds. The number of aryl methyl sites for hydroxylation is 1. The van der Waals surface area contributed by atoms with Crippen molar-refractivity contribution < 1.29 is 4.79 Å². The molecule has 0 atom stereocenters. The van der Waals surface area contributed by atoms with Crippen molar-refractivity contribution in [2.45, 2.75) is 13.0 Å². The average molecular weight is 336 g/mol. The van der Waals surface area contributed by atoms with Crippen LogP contribution in [0.4, 0.5) is 0 Å². The monoisotopic (exact) mass is 336 g/mol. The van der Waals surface area contributed by atoms with Crippen LogP contribution in [0, 0.1) is 0 Å². The molecular weight excluding hydrogens is 320 g/mol. The number of amides is 1. The SMILES string of the molecule is O=C(NCCCn1nc2ccccn2c1=O)c1cccc2cn[nH]c12. The van der Waals surface area contributed by atoms with Crippen LogP contribution in [-0.4, -0.2) is 36.8 Å². The Morgan fingerprint density at radius 1 is 1.20 bits per heavy atom. The van der Waals surface area contributed by atoms with Crippen LogP contribution >= 0.6 is 0 Å². The summed E-state index contributed by atoms with van der Waals surface area (Å²) in [5, 5.41) is 14.8. The lowest BCUT2D eigenvalue weighted by atomic mass is 10.1. The number of fused-ring (bicyclic) bond motifs is 2. The van der Waals surface area contributed by atoms with Crippen LogP contribution in [0.25, 0.3) is 16.6 Å². The van der Waals surface area contributed by atoms with Gasteiger partial charge in [-0.15, -0.1) is 5.10 Å². The number of benzene rings is 1. The molecular formula is C17H16N6O2. The minimum absolute atomic E-state index is 0.169. The number of H-pyrrole nitrogens is 1. The first-order valence-corrected chi connectivity index (χ1v) is 7.98. The van der Waals surface area contributed by atoms with E-state index >= 15 is 0 Å². The lowest BCUT2D eigenvalue weighted by Gasteiger charge is -2.05. The first-order chi connectivity index (χ1) is 12.2. The van der Waals surface area contributed by atoms with Crippen molar-refractivity contribution >= 4 is 22.5 Å². The molecule has 3 aromatic heterocycles. The molecule has 0 bridgehead atoms. The molecule has 0 fully saturated rings. The molecule has 0 unspecified atom stereocenters. The molecule has 2 N–H and O–H groups in total. The standard InChI is InChI=1S/C17H16N6O2/c24-16(13-6-3-5-12-11-19-20-15(12)13)18-8-4-10-23-17(25)22-9-2-1-7-14(22)21-23/h1-3,5-7,9,11H,4,8,10H2,(H,18,24)(H,19,20). The molecule has 0 aliphatic heterocycles. The van der Waals surface area contributed by atoms with E-state index < -0.39 is 0 Å². The molecule has 8 nitrogen and oxygen atoms in total. The number of aromatic nitrogens is 5. The van der Waals surface area contributed by atoms with Gasteiger partial charge in [-0.1, -0.05) is 18.2 Å². The minimum Gasteiger partial charge on any atom is -0.352 e. The van der Waals surface area contributed by atoms with Gasteiger partial charge in [-0.3, -0.25) is 14.3 Å². The van der Waals surface area contributed by atoms with E-state index in [2.05, 4.69) is 20.6 Å². The van der Waals surface area contributed by atoms with Crippen molar-refractivity contribution in [3.05, 3.63) is 64.8 Å². The molecule has 4 rings (SSSR count). The first-order valence-electron chi connectivity index (χ1n) is 7.98. The Kier molecular flexibility index (Phi) is 3.77. The van der Waals surface area contributed by atoms with E-state index in [0.29, 0.717) is 30.7 Å². The highest BCUT2D eigenvalue weighted by molar-refractivity contribution is 6.05. The highest BCUT2D eigenvalue weighted by Crippen LogP contribution is 2.15. The molecule has 0 radical (unpaired) electrons. The van der Waals surface area contributed by atoms with Crippen LogP contribution in [0.1, 0.15) is 16.8 Å². The van der Waals surface area contributed by atoms with Crippen LogP contribution < -0.4 is 11.0 Å². The summed E-state index contributed by atoms with van der Waals surface area (Å²) in [6.45, 7) is 0.888. The number of aromatic amines is 1. The number of nitrogens with zero attached hydrogens (tertiary/aromatic N) is 4. The first kappa shape index (κ1) is 15.1. The zero-order chi connectivity index (χ0) is 17.2. The summed E-state index contributed by atoms with van der Waals surface area (Å²) >= 11 is 0. The normalized spacial score (nSPS) is 11.2. The number of hydrogen-bond acceptors (Lipinski definition) is 4. The highest BCUT2D eigenvalue weighted by atomic mass is 16.2. The third-order valence-electron chi connectivity index (χ3n) is 4.04. The summed E-state index contributed by atoms with van der Waals surface area (Å²) in [5.41, 5.74) is 1.71. The van der Waals surface area contributed by atoms with Crippen molar-refractivity contribution in [2.75, 3.05) is 6.54 Å². The molecule has 1 aromatic carbocycles. The third-order valence-corrected chi connectivity index (χ3v) is 4.04. The zero-order valence-electron chi connectivity index (χ0n) is 13.3. The van der Waals surface area contributed by atoms with Gasteiger partial charge in [0.05, 0.1) is 17.3 Å². The average Bonchev–Trinajstić information content (AvgIpc) is 3.23. The smallest absolute Gasteiger partial charge is 0.350 e. The Balaban J connectivity index is 1.39. The van der Waals surface area contributed by atoms with Gasteiger partial charge >= 0.3 is 5.69 Å². The maximum absolute atomic E-state index is 12.3. The van der Waals surface area contributed by atoms with E-state index in [1.54, 1.807) is 30.6 Å². The van der Waals surface area contributed by atoms with E-state index in [0.717, 1.165) is 10.9 Å². The van der Waals surface area contributed by atoms with Crippen molar-refractivity contribution in [1.29, 1.82) is 0 Å². The second-order valence-electron chi connectivity index (χ2n) is 5.68. The van der Waals surface area contributed by atoms with Gasteiger partial charge in [-0.25, -0.2) is 9.48 Å². The molecule has 3 heterocycles. The van der Waals surface area contributed by atoms with E-state index in [1.807, 2.05) is 18.2 Å². The van der Waals surface area contributed by atoms with Gasteiger partial charge in [-0.05, 0) is 24.6 Å². The second kappa shape index (κ2) is 6.23. The van der Waals surface area contributed by atoms with Gasteiger partial charge in [0.15, 0.2) is 5.65 Å². The number of hydrogen-bond donors (Lipinski definition) is 2. The Morgan fingerprint density at radius 3 is 3.00 bits per heavy atom. The molecule has 126 valence electrons. The number of para-hydroxylation sites is 1. The maximum Gasteiger partial charge on any atom is 0.350 e. The number of carbonyl (C=O) groups excluding carboxylic acids is 1. The van der Waals surface area contributed by atoms with E-state index in [1.165, 1.54) is 9.08 Å². The fourth-order valence-corrected chi connectivity index (χ4v) is 2.80. The summed E-state index contributed by atoms with van der Waals surface area (Å²) in [6.07, 6.45) is 3.98. The van der Waals surface area contributed by atoms with Crippen molar-refractivity contribution in [1.82, 2.24) is 29.7 Å². The maximum atomic E-state index is 12.3. The van der Waals surface area contributed by atoms with Gasteiger partial charge in [-0.2, -0.15) is 5.10 Å².